The van der Waals surface area contributed by atoms with Crippen molar-refractivity contribution in [2.45, 2.75) is 52.5 Å². The van der Waals surface area contributed by atoms with Gasteiger partial charge in [0.2, 0.25) is 5.91 Å². The van der Waals surface area contributed by atoms with Crippen LogP contribution in [0, 0.1) is 11.3 Å². The maximum Gasteiger partial charge on any atom is 0.225 e. The van der Waals surface area contributed by atoms with E-state index in [1.165, 1.54) is 0 Å². The zero-order valence-electron chi connectivity index (χ0n) is 15.1. The van der Waals surface area contributed by atoms with Crippen LogP contribution in [0.4, 0.5) is 0 Å². The SMILES string of the molecule is Cl.Cn1cc([C@H]2CNC[C@@H]2C(=O)NC(C)(C)CC(C)(C)C)cn1. The standard InChI is InChI=1S/C17H30N4O.ClH/c1-16(2,3)11-17(4,5)20-15(22)14-9-18-8-13(14)12-7-19-21(6)10-12;/h7,10,13-14,18H,8-9,11H2,1-6H3,(H,20,22);1H/t13-,14+;/m1./s1. The number of halogens is 1. The average molecular weight is 343 g/mol. The van der Waals surface area contributed by atoms with Crippen LogP contribution in [-0.4, -0.2) is 34.3 Å². The van der Waals surface area contributed by atoms with Gasteiger partial charge in [0.25, 0.3) is 0 Å². The van der Waals surface area contributed by atoms with Crippen LogP contribution in [0.2, 0.25) is 0 Å². The van der Waals surface area contributed by atoms with E-state index in [1.54, 1.807) is 4.68 Å². The first kappa shape index (κ1) is 20.0. The predicted molar refractivity (Wildman–Crippen MR) is 95.9 cm³/mol. The van der Waals surface area contributed by atoms with E-state index in [-0.39, 0.29) is 41.1 Å². The molecular weight excluding hydrogens is 312 g/mol. The van der Waals surface area contributed by atoms with Gasteiger partial charge in [0.15, 0.2) is 0 Å². The van der Waals surface area contributed by atoms with Gasteiger partial charge in [0, 0.05) is 37.8 Å². The Morgan fingerprint density at radius 1 is 1.35 bits per heavy atom. The van der Waals surface area contributed by atoms with Crippen molar-refractivity contribution >= 4 is 18.3 Å². The minimum atomic E-state index is -0.197. The zero-order valence-corrected chi connectivity index (χ0v) is 16.0. The van der Waals surface area contributed by atoms with Crippen molar-refractivity contribution in [3.8, 4) is 0 Å². The van der Waals surface area contributed by atoms with Gasteiger partial charge < -0.3 is 10.6 Å². The number of amides is 1. The normalized spacial score (nSPS) is 21.8. The molecule has 1 aliphatic rings. The van der Waals surface area contributed by atoms with Crippen LogP contribution in [0.5, 0.6) is 0 Å². The first-order valence-corrected chi connectivity index (χ1v) is 8.09. The second-order valence-corrected chi connectivity index (χ2v) is 8.43. The number of nitrogens with zero attached hydrogens (tertiary/aromatic N) is 2. The van der Waals surface area contributed by atoms with Crippen LogP contribution in [-0.2, 0) is 11.8 Å². The van der Waals surface area contributed by atoms with Crippen molar-refractivity contribution in [3.63, 3.8) is 0 Å². The highest BCUT2D eigenvalue weighted by Gasteiger charge is 2.37. The maximum atomic E-state index is 12.8. The molecule has 0 spiro atoms. The third kappa shape index (κ3) is 5.50. The highest BCUT2D eigenvalue weighted by atomic mass is 35.5. The summed E-state index contributed by atoms with van der Waals surface area (Å²) in [6, 6.07) is 0. The third-order valence-corrected chi connectivity index (χ3v) is 4.14. The molecule has 0 aliphatic carbocycles. The summed E-state index contributed by atoms with van der Waals surface area (Å²) in [5.74, 6) is 0.329. The highest BCUT2D eigenvalue weighted by molar-refractivity contribution is 5.85. The van der Waals surface area contributed by atoms with Crippen LogP contribution in [0.1, 0.15) is 52.5 Å². The van der Waals surface area contributed by atoms with E-state index in [2.05, 4.69) is 50.4 Å². The largest absolute Gasteiger partial charge is 0.351 e. The number of carbonyl (C=O) groups is 1. The molecular formula is C17H31ClN4O. The first-order valence-electron chi connectivity index (χ1n) is 8.09. The summed E-state index contributed by atoms with van der Waals surface area (Å²) >= 11 is 0. The summed E-state index contributed by atoms with van der Waals surface area (Å²) in [5, 5.41) is 10.8. The fourth-order valence-corrected chi connectivity index (χ4v) is 3.73. The molecule has 0 unspecified atom stereocenters. The molecule has 2 heterocycles. The Morgan fingerprint density at radius 3 is 2.52 bits per heavy atom. The Kier molecular flexibility index (Phi) is 6.27. The van der Waals surface area contributed by atoms with Gasteiger partial charge in [-0.15, -0.1) is 12.4 Å². The van der Waals surface area contributed by atoms with E-state index in [9.17, 15) is 4.79 Å². The van der Waals surface area contributed by atoms with Gasteiger partial charge in [-0.25, -0.2) is 0 Å². The Morgan fingerprint density at radius 2 is 2.00 bits per heavy atom. The van der Waals surface area contributed by atoms with Gasteiger partial charge in [-0.1, -0.05) is 20.8 Å². The van der Waals surface area contributed by atoms with Crippen LogP contribution in [0.15, 0.2) is 12.4 Å². The highest BCUT2D eigenvalue weighted by Crippen LogP contribution is 2.30. The van der Waals surface area contributed by atoms with E-state index >= 15 is 0 Å². The Balaban J connectivity index is 0.00000264. The lowest BCUT2D eigenvalue weighted by Gasteiger charge is -2.34. The van der Waals surface area contributed by atoms with Crippen LogP contribution in [0.25, 0.3) is 0 Å². The molecule has 1 saturated heterocycles. The summed E-state index contributed by atoms with van der Waals surface area (Å²) in [5.41, 5.74) is 1.13. The number of aryl methyl sites for hydroxylation is 1. The lowest BCUT2D eigenvalue weighted by Crippen LogP contribution is -2.49. The molecule has 0 saturated carbocycles. The summed E-state index contributed by atoms with van der Waals surface area (Å²) in [6.45, 7) is 12.4. The van der Waals surface area contributed by atoms with Crippen molar-refractivity contribution in [2.24, 2.45) is 18.4 Å². The lowest BCUT2D eigenvalue weighted by molar-refractivity contribution is -0.126. The Hall–Kier alpha value is -1.07. The Bertz CT molecular complexity index is 533. The van der Waals surface area contributed by atoms with Gasteiger partial charge in [0.1, 0.15) is 0 Å². The molecule has 1 aromatic heterocycles. The predicted octanol–water partition coefficient (Wildman–Crippen LogP) is 2.48. The van der Waals surface area contributed by atoms with Gasteiger partial charge in [-0.05, 0) is 31.2 Å². The van der Waals surface area contributed by atoms with Gasteiger partial charge in [-0.3, -0.25) is 9.48 Å². The molecule has 5 nitrogen and oxygen atoms in total. The van der Waals surface area contributed by atoms with Crippen molar-refractivity contribution in [1.29, 1.82) is 0 Å². The molecule has 23 heavy (non-hydrogen) atoms. The topological polar surface area (TPSA) is 59.0 Å². The first-order chi connectivity index (χ1) is 10.1. The fourth-order valence-electron chi connectivity index (χ4n) is 3.73. The third-order valence-electron chi connectivity index (χ3n) is 4.14. The van der Waals surface area contributed by atoms with E-state index in [4.69, 9.17) is 0 Å². The molecule has 1 fully saturated rings. The molecule has 0 aromatic carbocycles. The summed E-state index contributed by atoms with van der Waals surface area (Å²) in [6.07, 6.45) is 4.83. The minimum absolute atomic E-state index is 0. The van der Waals surface area contributed by atoms with Crippen molar-refractivity contribution < 1.29 is 4.79 Å². The second kappa shape index (κ2) is 7.22. The van der Waals surface area contributed by atoms with Gasteiger partial charge in [-0.2, -0.15) is 5.10 Å². The molecule has 1 aromatic rings. The van der Waals surface area contributed by atoms with Crippen molar-refractivity contribution in [1.82, 2.24) is 20.4 Å². The number of hydrogen-bond donors (Lipinski definition) is 2. The molecule has 2 atom stereocenters. The fraction of sp³-hybridized carbons (Fsp3) is 0.765. The van der Waals surface area contributed by atoms with E-state index < -0.39 is 0 Å². The molecule has 1 aliphatic heterocycles. The molecule has 0 radical (unpaired) electrons. The molecule has 0 bridgehead atoms. The Labute approximate surface area is 146 Å². The molecule has 1 amide bonds. The lowest BCUT2D eigenvalue weighted by atomic mass is 9.81. The monoisotopic (exact) mass is 342 g/mol. The molecule has 2 rings (SSSR count). The van der Waals surface area contributed by atoms with Crippen LogP contribution in [0.3, 0.4) is 0 Å². The second-order valence-electron chi connectivity index (χ2n) is 8.43. The smallest absolute Gasteiger partial charge is 0.225 e. The molecule has 2 N–H and O–H groups in total. The van der Waals surface area contributed by atoms with E-state index in [1.807, 2.05) is 19.4 Å². The van der Waals surface area contributed by atoms with Gasteiger partial charge >= 0.3 is 0 Å². The molecule has 132 valence electrons. The number of carbonyl (C=O) groups excluding carboxylic acids is 1. The summed E-state index contributed by atoms with van der Waals surface area (Å²) in [7, 11) is 1.91. The number of nitrogens with one attached hydrogen (secondary N) is 2. The minimum Gasteiger partial charge on any atom is -0.351 e. The van der Waals surface area contributed by atoms with Crippen LogP contribution < -0.4 is 10.6 Å². The van der Waals surface area contributed by atoms with Crippen LogP contribution >= 0.6 is 12.4 Å². The molecule has 6 heteroatoms. The quantitative estimate of drug-likeness (QED) is 0.883. The number of rotatable bonds is 4. The van der Waals surface area contributed by atoms with E-state index in [0.717, 1.165) is 25.1 Å². The number of hydrogen-bond acceptors (Lipinski definition) is 3. The van der Waals surface area contributed by atoms with E-state index in [0.29, 0.717) is 0 Å². The van der Waals surface area contributed by atoms with Gasteiger partial charge in [0.05, 0.1) is 12.1 Å². The maximum absolute atomic E-state index is 12.8. The van der Waals surface area contributed by atoms with Crippen molar-refractivity contribution in [3.05, 3.63) is 18.0 Å². The average Bonchev–Trinajstić information content (AvgIpc) is 2.91. The number of aromatic nitrogens is 2. The summed E-state index contributed by atoms with van der Waals surface area (Å²) < 4.78 is 1.80. The zero-order chi connectivity index (χ0) is 16.5. The summed E-state index contributed by atoms with van der Waals surface area (Å²) in [4.78, 5) is 12.8. The van der Waals surface area contributed by atoms with Crippen molar-refractivity contribution in [2.75, 3.05) is 13.1 Å².